The second kappa shape index (κ2) is 8.20. The minimum atomic E-state index is -3.13. The third-order valence-electron chi connectivity index (χ3n) is 3.18. The normalized spacial score (nSPS) is 15.5. The van der Waals surface area contributed by atoms with E-state index in [2.05, 4.69) is 0 Å². The van der Waals surface area contributed by atoms with Gasteiger partial charge in [0.1, 0.15) is 6.04 Å². The molecule has 0 spiro atoms. The molecule has 0 saturated heterocycles. The Hall–Kier alpha value is -1.16. The molecule has 1 aromatic rings. The summed E-state index contributed by atoms with van der Waals surface area (Å²) in [7, 11) is -3.13. The van der Waals surface area contributed by atoms with Gasteiger partial charge in [-0.2, -0.15) is 0 Å². The van der Waals surface area contributed by atoms with E-state index in [1.165, 1.54) is 0 Å². The van der Waals surface area contributed by atoms with Crippen LogP contribution in [0.15, 0.2) is 30.3 Å². The van der Waals surface area contributed by atoms with Gasteiger partial charge in [0.2, 0.25) is 7.37 Å². The van der Waals surface area contributed by atoms with E-state index >= 15 is 0 Å². The number of rotatable bonds is 9. The van der Waals surface area contributed by atoms with Gasteiger partial charge in [-0.05, 0) is 24.8 Å². The summed E-state index contributed by atoms with van der Waals surface area (Å²) in [5.74, 6) is -1.03. The van der Waals surface area contributed by atoms with E-state index in [9.17, 15) is 14.3 Å². The molecule has 4 N–H and O–H groups in total. The minimum Gasteiger partial charge on any atom is -0.480 e. The summed E-state index contributed by atoms with van der Waals surface area (Å²) in [6.07, 6.45) is 2.51. The molecule has 0 aromatic heterocycles. The van der Waals surface area contributed by atoms with Crippen LogP contribution in [0.25, 0.3) is 0 Å². The summed E-state index contributed by atoms with van der Waals surface area (Å²) < 4.78 is 12.0. The number of benzene rings is 1. The summed E-state index contributed by atoms with van der Waals surface area (Å²) in [6.45, 7) is 0. The highest BCUT2D eigenvalue weighted by Crippen LogP contribution is 2.42. The highest BCUT2D eigenvalue weighted by Gasteiger charge is 2.18. The third-order valence-corrected chi connectivity index (χ3v) is 5.12. The quantitative estimate of drug-likeness (QED) is 0.479. The summed E-state index contributed by atoms with van der Waals surface area (Å²) in [4.78, 5) is 20.4. The second-order valence-corrected chi connectivity index (χ2v) is 7.56. The molecule has 5 nitrogen and oxygen atoms in total. The molecule has 2 unspecified atom stereocenters. The van der Waals surface area contributed by atoms with Gasteiger partial charge in [0, 0.05) is 12.3 Å². The maximum Gasteiger partial charge on any atom is 0.320 e. The van der Waals surface area contributed by atoms with Gasteiger partial charge >= 0.3 is 5.97 Å². The lowest BCUT2D eigenvalue weighted by Gasteiger charge is -2.12. The number of carboxylic acid groups (broad SMARTS) is 1. The van der Waals surface area contributed by atoms with Crippen molar-refractivity contribution in [2.45, 2.75) is 31.7 Å². The van der Waals surface area contributed by atoms with Crippen molar-refractivity contribution in [3.8, 4) is 0 Å². The van der Waals surface area contributed by atoms with Crippen molar-refractivity contribution in [3.63, 3.8) is 0 Å². The van der Waals surface area contributed by atoms with E-state index in [1.807, 2.05) is 30.3 Å². The van der Waals surface area contributed by atoms with E-state index in [1.54, 1.807) is 0 Å². The van der Waals surface area contributed by atoms with Gasteiger partial charge in [-0.15, -0.1) is 0 Å². The summed E-state index contributed by atoms with van der Waals surface area (Å²) in [5.41, 5.74) is 6.42. The maximum absolute atomic E-state index is 12.0. The fraction of sp³-hybridized carbons (Fsp3) is 0.500. The molecule has 0 bridgehead atoms. The Bertz CT molecular complexity index is 464. The zero-order chi connectivity index (χ0) is 15.0. The molecule has 112 valence electrons. The standard InChI is InChI=1S/C14H22NO4P/c15-13(14(16)17)8-4-5-10-20(18,19)11-9-12-6-2-1-3-7-12/h1-3,6-7,13H,4-5,8-11,15H2,(H,16,17)(H,18,19). The maximum atomic E-state index is 12.0. The Balaban J connectivity index is 2.24. The smallest absolute Gasteiger partial charge is 0.320 e. The number of hydrogen-bond donors (Lipinski definition) is 3. The summed E-state index contributed by atoms with van der Waals surface area (Å²) >= 11 is 0. The van der Waals surface area contributed by atoms with Crippen molar-refractivity contribution in [2.24, 2.45) is 5.73 Å². The topological polar surface area (TPSA) is 101 Å². The average Bonchev–Trinajstić information content (AvgIpc) is 2.42. The van der Waals surface area contributed by atoms with Crippen LogP contribution >= 0.6 is 7.37 Å². The molecule has 0 radical (unpaired) electrons. The van der Waals surface area contributed by atoms with Crippen LogP contribution in [0.3, 0.4) is 0 Å². The number of carboxylic acids is 1. The first-order valence-corrected chi connectivity index (χ1v) is 8.77. The zero-order valence-electron chi connectivity index (χ0n) is 11.4. The number of hydrogen-bond acceptors (Lipinski definition) is 3. The van der Waals surface area contributed by atoms with Gasteiger partial charge in [0.25, 0.3) is 0 Å². The van der Waals surface area contributed by atoms with E-state index in [0.29, 0.717) is 25.7 Å². The molecule has 0 aliphatic rings. The van der Waals surface area contributed by atoms with E-state index in [4.69, 9.17) is 10.8 Å². The molecule has 0 fully saturated rings. The molecule has 1 rings (SSSR count). The number of aliphatic carboxylic acids is 1. The monoisotopic (exact) mass is 299 g/mol. The Morgan fingerprint density at radius 3 is 2.45 bits per heavy atom. The highest BCUT2D eigenvalue weighted by molar-refractivity contribution is 7.57. The van der Waals surface area contributed by atoms with Crippen LogP contribution in [-0.2, 0) is 15.8 Å². The molecule has 1 aromatic carbocycles. The average molecular weight is 299 g/mol. The van der Waals surface area contributed by atoms with Crippen LogP contribution in [0.4, 0.5) is 0 Å². The molecule has 0 heterocycles. The predicted octanol–water partition coefficient (Wildman–Crippen LogP) is 2.08. The van der Waals surface area contributed by atoms with Gasteiger partial charge in [-0.1, -0.05) is 36.8 Å². The molecule has 0 saturated carbocycles. The first-order chi connectivity index (χ1) is 9.41. The molecule has 6 heteroatoms. The summed E-state index contributed by atoms with van der Waals surface area (Å²) in [5, 5.41) is 8.62. The molecule has 0 aliphatic heterocycles. The lowest BCUT2D eigenvalue weighted by atomic mass is 10.1. The fourth-order valence-corrected chi connectivity index (χ4v) is 3.46. The Morgan fingerprint density at radius 1 is 1.20 bits per heavy atom. The van der Waals surface area contributed by atoms with Crippen molar-refractivity contribution in [1.29, 1.82) is 0 Å². The van der Waals surface area contributed by atoms with E-state index < -0.39 is 19.4 Å². The largest absolute Gasteiger partial charge is 0.480 e. The Morgan fingerprint density at radius 2 is 1.85 bits per heavy atom. The first-order valence-electron chi connectivity index (χ1n) is 6.74. The van der Waals surface area contributed by atoms with Gasteiger partial charge < -0.3 is 15.7 Å². The summed E-state index contributed by atoms with van der Waals surface area (Å²) in [6, 6.07) is 8.72. The van der Waals surface area contributed by atoms with Crippen LogP contribution < -0.4 is 5.73 Å². The van der Waals surface area contributed by atoms with Crippen molar-refractivity contribution < 1.29 is 19.4 Å². The van der Waals surface area contributed by atoms with Gasteiger partial charge in [-0.3, -0.25) is 9.36 Å². The number of carbonyl (C=O) groups is 1. The molecular weight excluding hydrogens is 277 g/mol. The van der Waals surface area contributed by atoms with Crippen LogP contribution in [-0.4, -0.2) is 34.3 Å². The SMILES string of the molecule is NC(CCCCP(=O)(O)CCc1ccccc1)C(=O)O. The lowest BCUT2D eigenvalue weighted by molar-refractivity contribution is -0.138. The van der Waals surface area contributed by atoms with Crippen molar-refractivity contribution in [2.75, 3.05) is 12.3 Å². The molecule has 0 amide bonds. The third kappa shape index (κ3) is 6.85. The van der Waals surface area contributed by atoms with Crippen molar-refractivity contribution in [1.82, 2.24) is 0 Å². The molecule has 0 aliphatic carbocycles. The number of unbranched alkanes of at least 4 members (excludes halogenated alkanes) is 1. The van der Waals surface area contributed by atoms with Crippen LogP contribution in [0.1, 0.15) is 24.8 Å². The fourth-order valence-electron chi connectivity index (χ4n) is 1.91. The van der Waals surface area contributed by atoms with Crippen LogP contribution in [0.2, 0.25) is 0 Å². The molecule has 2 atom stereocenters. The van der Waals surface area contributed by atoms with E-state index in [-0.39, 0.29) is 12.3 Å². The predicted molar refractivity (Wildman–Crippen MR) is 79.2 cm³/mol. The van der Waals surface area contributed by atoms with Crippen LogP contribution in [0.5, 0.6) is 0 Å². The second-order valence-electron chi connectivity index (χ2n) is 4.97. The molecular formula is C14H22NO4P. The van der Waals surface area contributed by atoms with Gasteiger partial charge in [-0.25, -0.2) is 0 Å². The van der Waals surface area contributed by atoms with Gasteiger partial charge in [0.15, 0.2) is 0 Å². The van der Waals surface area contributed by atoms with Crippen LogP contribution in [0, 0.1) is 0 Å². The first kappa shape index (κ1) is 16.9. The van der Waals surface area contributed by atoms with Gasteiger partial charge in [0.05, 0.1) is 0 Å². The molecule has 20 heavy (non-hydrogen) atoms. The minimum absolute atomic E-state index is 0.228. The zero-order valence-corrected chi connectivity index (χ0v) is 12.3. The Kier molecular flexibility index (Phi) is 6.93. The van der Waals surface area contributed by atoms with Crippen molar-refractivity contribution in [3.05, 3.63) is 35.9 Å². The van der Waals surface area contributed by atoms with Crippen molar-refractivity contribution >= 4 is 13.3 Å². The number of aryl methyl sites for hydroxylation is 1. The van der Waals surface area contributed by atoms with E-state index in [0.717, 1.165) is 5.56 Å². The Labute approximate surface area is 119 Å². The highest BCUT2D eigenvalue weighted by atomic mass is 31.2. The number of nitrogens with two attached hydrogens (primary N) is 1. The lowest BCUT2D eigenvalue weighted by Crippen LogP contribution is -2.29.